The number of benzene rings is 1. The van der Waals surface area contributed by atoms with Gasteiger partial charge in [0, 0.05) is 5.56 Å². The van der Waals surface area contributed by atoms with Crippen molar-refractivity contribution in [1.82, 2.24) is 0 Å². The van der Waals surface area contributed by atoms with Crippen molar-refractivity contribution in [2.75, 3.05) is 0 Å². The third-order valence-corrected chi connectivity index (χ3v) is 2.11. The molecular weight excluding hydrogens is 231 g/mol. The van der Waals surface area contributed by atoms with Gasteiger partial charge < -0.3 is 5.11 Å². The molecule has 1 aromatic rings. The first-order valence-electron chi connectivity index (χ1n) is 4.54. The van der Waals surface area contributed by atoms with Crippen LogP contribution in [0.1, 0.15) is 18.9 Å². The summed E-state index contributed by atoms with van der Waals surface area (Å²) in [5.74, 6) is -9.76. The Morgan fingerprint density at radius 3 is 1.62 bits per heavy atom. The third kappa shape index (κ3) is 2.32. The molecule has 0 spiro atoms. The van der Waals surface area contributed by atoms with Crippen molar-refractivity contribution in [3.8, 4) is 0 Å². The van der Waals surface area contributed by atoms with Crippen LogP contribution in [-0.2, 0) is 6.42 Å². The molecule has 0 bridgehead atoms. The minimum atomic E-state index is -2.17. The number of hydrogen-bond acceptors (Lipinski definition) is 1. The van der Waals surface area contributed by atoms with Gasteiger partial charge in [-0.1, -0.05) is 0 Å². The second kappa shape index (κ2) is 4.78. The largest absolute Gasteiger partial charge is 0.393 e. The van der Waals surface area contributed by atoms with E-state index in [1.165, 1.54) is 6.92 Å². The molecule has 6 heteroatoms. The van der Waals surface area contributed by atoms with Gasteiger partial charge >= 0.3 is 0 Å². The second-order valence-corrected chi connectivity index (χ2v) is 3.44. The fraction of sp³-hybridized carbons (Fsp3) is 0.400. The van der Waals surface area contributed by atoms with E-state index in [1.807, 2.05) is 0 Å². The van der Waals surface area contributed by atoms with Crippen molar-refractivity contribution in [3.63, 3.8) is 0 Å². The zero-order valence-corrected chi connectivity index (χ0v) is 8.33. The van der Waals surface area contributed by atoms with Crippen LogP contribution in [0.2, 0.25) is 0 Å². The van der Waals surface area contributed by atoms with Gasteiger partial charge in [-0.05, 0) is 19.8 Å². The van der Waals surface area contributed by atoms with E-state index < -0.39 is 47.2 Å². The van der Waals surface area contributed by atoms with Crippen LogP contribution >= 0.6 is 0 Å². The Hall–Kier alpha value is -1.17. The Balaban J connectivity index is 3.18. The topological polar surface area (TPSA) is 20.2 Å². The SMILES string of the molecule is C[C@@H](O)CCc1c(F)c(F)c(F)c(F)c1F. The lowest BCUT2D eigenvalue weighted by atomic mass is 10.1. The van der Waals surface area contributed by atoms with Crippen molar-refractivity contribution in [2.45, 2.75) is 25.9 Å². The van der Waals surface area contributed by atoms with Crippen molar-refractivity contribution >= 4 is 0 Å². The minimum absolute atomic E-state index is 0.0850. The number of halogens is 5. The number of hydrogen-bond donors (Lipinski definition) is 1. The van der Waals surface area contributed by atoms with Gasteiger partial charge in [0.05, 0.1) is 6.10 Å². The van der Waals surface area contributed by atoms with Gasteiger partial charge in [-0.25, -0.2) is 22.0 Å². The molecule has 0 fully saturated rings. The summed E-state index contributed by atoms with van der Waals surface area (Å²) in [5, 5.41) is 8.88. The van der Waals surface area contributed by atoms with E-state index in [2.05, 4.69) is 0 Å². The van der Waals surface area contributed by atoms with Crippen molar-refractivity contribution < 1.29 is 27.1 Å². The molecular formula is C10H9F5O. The molecule has 0 aromatic heterocycles. The van der Waals surface area contributed by atoms with E-state index in [1.54, 1.807) is 0 Å². The first kappa shape index (κ1) is 12.9. The Morgan fingerprint density at radius 1 is 0.875 bits per heavy atom. The van der Waals surface area contributed by atoms with Crippen LogP contribution in [-0.4, -0.2) is 11.2 Å². The molecule has 16 heavy (non-hydrogen) atoms. The van der Waals surface area contributed by atoms with Gasteiger partial charge in [0.25, 0.3) is 0 Å². The van der Waals surface area contributed by atoms with Crippen molar-refractivity contribution in [2.24, 2.45) is 0 Å². The summed E-state index contributed by atoms with van der Waals surface area (Å²) >= 11 is 0. The molecule has 1 nitrogen and oxygen atoms in total. The molecule has 0 amide bonds. The molecule has 0 unspecified atom stereocenters. The van der Waals surface area contributed by atoms with Crippen molar-refractivity contribution in [1.29, 1.82) is 0 Å². The maximum Gasteiger partial charge on any atom is 0.200 e. The molecule has 0 saturated carbocycles. The highest BCUT2D eigenvalue weighted by atomic mass is 19.2. The fourth-order valence-electron chi connectivity index (χ4n) is 1.22. The Bertz CT molecular complexity index is 374. The molecule has 1 rings (SSSR count). The monoisotopic (exact) mass is 240 g/mol. The highest BCUT2D eigenvalue weighted by Crippen LogP contribution is 2.24. The Labute approximate surface area is 88.5 Å². The molecule has 0 aliphatic carbocycles. The van der Waals surface area contributed by atoms with Gasteiger partial charge in [0.15, 0.2) is 23.3 Å². The van der Waals surface area contributed by atoms with E-state index in [0.29, 0.717) is 0 Å². The van der Waals surface area contributed by atoms with Crippen LogP contribution in [0.3, 0.4) is 0 Å². The van der Waals surface area contributed by atoms with E-state index in [-0.39, 0.29) is 6.42 Å². The predicted molar refractivity (Wildman–Crippen MR) is 46.2 cm³/mol. The van der Waals surface area contributed by atoms with Gasteiger partial charge in [-0.3, -0.25) is 0 Å². The van der Waals surface area contributed by atoms with Crippen LogP contribution in [0, 0.1) is 29.1 Å². The number of rotatable bonds is 3. The van der Waals surface area contributed by atoms with E-state index in [0.717, 1.165) is 0 Å². The van der Waals surface area contributed by atoms with Crippen LogP contribution in [0.15, 0.2) is 0 Å². The lowest BCUT2D eigenvalue weighted by Gasteiger charge is -2.09. The average Bonchev–Trinajstić information content (AvgIpc) is 2.23. The summed E-state index contributed by atoms with van der Waals surface area (Å²) in [4.78, 5) is 0. The summed E-state index contributed by atoms with van der Waals surface area (Å²) in [6, 6.07) is 0. The summed E-state index contributed by atoms with van der Waals surface area (Å²) < 4.78 is 64.1. The van der Waals surface area contributed by atoms with Gasteiger partial charge in [-0.2, -0.15) is 0 Å². The lowest BCUT2D eigenvalue weighted by molar-refractivity contribution is 0.183. The maximum absolute atomic E-state index is 13.1. The van der Waals surface area contributed by atoms with Crippen LogP contribution in [0.4, 0.5) is 22.0 Å². The predicted octanol–water partition coefficient (Wildman–Crippen LogP) is 2.70. The highest BCUT2D eigenvalue weighted by molar-refractivity contribution is 5.24. The summed E-state index contributed by atoms with van der Waals surface area (Å²) in [5.41, 5.74) is -0.891. The normalized spacial score (nSPS) is 12.9. The number of aliphatic hydroxyl groups excluding tert-OH is 1. The van der Waals surface area contributed by atoms with Gasteiger partial charge in [-0.15, -0.1) is 0 Å². The van der Waals surface area contributed by atoms with Gasteiger partial charge in [0.1, 0.15) is 0 Å². The Morgan fingerprint density at radius 2 is 1.25 bits per heavy atom. The third-order valence-electron chi connectivity index (χ3n) is 2.11. The Kier molecular flexibility index (Phi) is 3.85. The standard InChI is InChI=1S/C10H9F5O/c1-4(16)2-3-5-6(11)8(13)10(15)9(14)7(5)12/h4,16H,2-3H2,1H3/t4-/m1/s1. The number of aliphatic hydroxyl groups is 1. The lowest BCUT2D eigenvalue weighted by Crippen LogP contribution is -2.10. The maximum atomic E-state index is 13.1. The second-order valence-electron chi connectivity index (χ2n) is 3.44. The van der Waals surface area contributed by atoms with Crippen LogP contribution < -0.4 is 0 Å². The fourth-order valence-corrected chi connectivity index (χ4v) is 1.22. The molecule has 0 radical (unpaired) electrons. The smallest absolute Gasteiger partial charge is 0.200 e. The van der Waals surface area contributed by atoms with Crippen LogP contribution in [0.25, 0.3) is 0 Å². The quantitative estimate of drug-likeness (QED) is 0.489. The summed E-state index contributed by atoms with van der Waals surface area (Å²) in [6.07, 6.45) is -1.38. The average molecular weight is 240 g/mol. The van der Waals surface area contributed by atoms with E-state index >= 15 is 0 Å². The molecule has 1 aromatic carbocycles. The molecule has 0 saturated heterocycles. The summed E-state index contributed by atoms with van der Waals surface area (Å²) in [6.45, 7) is 1.35. The first-order chi connectivity index (χ1) is 7.36. The molecule has 90 valence electrons. The van der Waals surface area contributed by atoms with Crippen molar-refractivity contribution in [3.05, 3.63) is 34.6 Å². The van der Waals surface area contributed by atoms with Crippen LogP contribution in [0.5, 0.6) is 0 Å². The minimum Gasteiger partial charge on any atom is -0.393 e. The van der Waals surface area contributed by atoms with Gasteiger partial charge in [0.2, 0.25) is 5.82 Å². The molecule has 1 atom stereocenters. The highest BCUT2D eigenvalue weighted by Gasteiger charge is 2.25. The summed E-state index contributed by atoms with van der Waals surface area (Å²) in [7, 11) is 0. The molecule has 0 aliphatic heterocycles. The zero-order chi connectivity index (χ0) is 12.5. The van der Waals surface area contributed by atoms with E-state index in [9.17, 15) is 22.0 Å². The zero-order valence-electron chi connectivity index (χ0n) is 8.33. The van der Waals surface area contributed by atoms with E-state index in [4.69, 9.17) is 5.11 Å². The molecule has 0 aliphatic rings. The molecule has 1 N–H and O–H groups in total. The molecule has 0 heterocycles. The first-order valence-corrected chi connectivity index (χ1v) is 4.54.